The number of likely N-dealkylation sites (tertiary alicyclic amines) is 1. The fourth-order valence-electron chi connectivity index (χ4n) is 3.30. The first-order valence-corrected chi connectivity index (χ1v) is 8.24. The molecular formula is C19H24N2O3. The van der Waals surface area contributed by atoms with Gasteiger partial charge < -0.3 is 21.1 Å². The monoisotopic (exact) mass is 328 g/mol. The molecule has 24 heavy (non-hydrogen) atoms. The maximum absolute atomic E-state index is 10.9. The van der Waals surface area contributed by atoms with Crippen molar-refractivity contribution in [2.45, 2.75) is 30.7 Å². The number of aliphatic hydroxyl groups is 2. The molecule has 2 aromatic carbocycles. The summed E-state index contributed by atoms with van der Waals surface area (Å²) in [6, 6.07) is 16.1. The minimum atomic E-state index is -0.839. The highest BCUT2D eigenvalue weighted by Crippen LogP contribution is 2.34. The van der Waals surface area contributed by atoms with Crippen molar-refractivity contribution >= 4 is 0 Å². The van der Waals surface area contributed by atoms with Crippen LogP contribution >= 0.6 is 0 Å². The number of nitrogens with two attached hydrogens (primary N) is 1. The summed E-state index contributed by atoms with van der Waals surface area (Å²) in [4.78, 5) is 1.99. The van der Waals surface area contributed by atoms with E-state index in [0.29, 0.717) is 31.5 Å². The number of piperidine rings is 1. The predicted octanol–water partition coefficient (Wildman–Crippen LogP) is 1.69. The lowest BCUT2D eigenvalue weighted by molar-refractivity contribution is -0.0524. The van der Waals surface area contributed by atoms with Gasteiger partial charge in [-0.15, -0.1) is 0 Å². The van der Waals surface area contributed by atoms with Crippen LogP contribution in [0.5, 0.6) is 5.75 Å². The Hall–Kier alpha value is -1.92. The molecule has 1 heterocycles. The highest BCUT2D eigenvalue weighted by molar-refractivity contribution is 5.28. The number of nitrogens with zero attached hydrogens (tertiary/aromatic N) is 1. The zero-order valence-electron chi connectivity index (χ0n) is 13.5. The molecule has 2 atom stereocenters. The van der Waals surface area contributed by atoms with Gasteiger partial charge in [-0.3, -0.25) is 4.90 Å². The molecule has 3 rings (SSSR count). The number of aromatic hydroxyl groups is 1. The SMILES string of the molecule is N[C@H]([C@@H](O)c1ccc(O)cc1)N1CCC(O)(c2ccccc2)CC1. The summed E-state index contributed by atoms with van der Waals surface area (Å²) in [5.74, 6) is 0.158. The molecule has 2 aromatic rings. The Morgan fingerprint density at radius 3 is 2.12 bits per heavy atom. The molecule has 0 spiro atoms. The van der Waals surface area contributed by atoms with Gasteiger partial charge in [0.05, 0.1) is 11.8 Å². The quantitative estimate of drug-likeness (QED) is 0.686. The van der Waals surface area contributed by atoms with Gasteiger partial charge in [-0.25, -0.2) is 0 Å². The smallest absolute Gasteiger partial charge is 0.115 e. The average Bonchev–Trinajstić information content (AvgIpc) is 2.62. The fraction of sp³-hybridized carbons (Fsp3) is 0.368. The molecule has 0 bridgehead atoms. The molecule has 0 aliphatic carbocycles. The van der Waals surface area contributed by atoms with Gasteiger partial charge in [0, 0.05) is 13.1 Å². The lowest BCUT2D eigenvalue weighted by Gasteiger charge is -2.42. The molecule has 0 amide bonds. The summed E-state index contributed by atoms with van der Waals surface area (Å²) >= 11 is 0. The molecule has 5 N–H and O–H groups in total. The van der Waals surface area contributed by atoms with Crippen LogP contribution in [-0.4, -0.2) is 39.5 Å². The minimum Gasteiger partial charge on any atom is -0.508 e. The third-order valence-corrected chi connectivity index (χ3v) is 4.92. The predicted molar refractivity (Wildman–Crippen MR) is 92.2 cm³/mol. The van der Waals surface area contributed by atoms with Gasteiger partial charge in [0.15, 0.2) is 0 Å². The molecule has 0 aromatic heterocycles. The molecule has 1 aliphatic rings. The lowest BCUT2D eigenvalue weighted by Crippen LogP contribution is -2.52. The third-order valence-electron chi connectivity index (χ3n) is 4.92. The van der Waals surface area contributed by atoms with Crippen molar-refractivity contribution in [1.82, 2.24) is 4.90 Å². The first-order chi connectivity index (χ1) is 11.5. The fourth-order valence-corrected chi connectivity index (χ4v) is 3.30. The zero-order chi connectivity index (χ0) is 17.2. The molecule has 0 unspecified atom stereocenters. The number of hydrogen-bond acceptors (Lipinski definition) is 5. The van der Waals surface area contributed by atoms with Crippen LogP contribution in [-0.2, 0) is 5.60 Å². The Labute approximate surface area is 142 Å². The average molecular weight is 328 g/mol. The molecular weight excluding hydrogens is 304 g/mol. The molecule has 0 saturated carbocycles. The van der Waals surface area contributed by atoms with E-state index >= 15 is 0 Å². The highest BCUT2D eigenvalue weighted by Gasteiger charge is 2.36. The largest absolute Gasteiger partial charge is 0.508 e. The normalized spacial score (nSPS) is 20.5. The maximum atomic E-state index is 10.9. The first kappa shape index (κ1) is 16.9. The van der Waals surface area contributed by atoms with Crippen LogP contribution in [0.25, 0.3) is 0 Å². The van der Waals surface area contributed by atoms with E-state index in [1.54, 1.807) is 12.1 Å². The summed E-state index contributed by atoms with van der Waals surface area (Å²) < 4.78 is 0. The zero-order valence-corrected chi connectivity index (χ0v) is 13.5. The van der Waals surface area contributed by atoms with Gasteiger partial charge in [0.25, 0.3) is 0 Å². The van der Waals surface area contributed by atoms with Crippen molar-refractivity contribution in [3.05, 3.63) is 65.7 Å². The molecule has 1 saturated heterocycles. The van der Waals surface area contributed by atoms with Crippen molar-refractivity contribution in [3.63, 3.8) is 0 Å². The Morgan fingerprint density at radius 1 is 0.958 bits per heavy atom. The lowest BCUT2D eigenvalue weighted by atomic mass is 9.84. The number of rotatable bonds is 4. The maximum Gasteiger partial charge on any atom is 0.115 e. The van der Waals surface area contributed by atoms with Crippen LogP contribution < -0.4 is 5.73 Å². The minimum absolute atomic E-state index is 0.158. The Morgan fingerprint density at radius 2 is 1.54 bits per heavy atom. The van der Waals surface area contributed by atoms with Crippen LogP contribution in [0, 0.1) is 0 Å². The summed E-state index contributed by atoms with van der Waals surface area (Å²) in [7, 11) is 0. The van der Waals surface area contributed by atoms with E-state index in [1.165, 1.54) is 12.1 Å². The molecule has 1 fully saturated rings. The van der Waals surface area contributed by atoms with E-state index in [1.807, 2.05) is 35.2 Å². The number of aliphatic hydroxyl groups excluding tert-OH is 1. The number of phenolic OH excluding ortho intramolecular Hbond substituents is 1. The summed E-state index contributed by atoms with van der Waals surface area (Å²) in [5.41, 5.74) is 6.99. The van der Waals surface area contributed by atoms with Gasteiger partial charge in [-0.05, 0) is 36.1 Å². The Kier molecular flexibility index (Phi) is 4.87. The van der Waals surface area contributed by atoms with Crippen LogP contribution in [0.15, 0.2) is 54.6 Å². The molecule has 128 valence electrons. The highest BCUT2D eigenvalue weighted by atomic mass is 16.3. The van der Waals surface area contributed by atoms with Crippen molar-refractivity contribution < 1.29 is 15.3 Å². The van der Waals surface area contributed by atoms with E-state index in [-0.39, 0.29) is 5.75 Å². The second kappa shape index (κ2) is 6.91. The van der Waals surface area contributed by atoms with Gasteiger partial charge in [-0.2, -0.15) is 0 Å². The molecule has 5 nitrogen and oxygen atoms in total. The first-order valence-electron chi connectivity index (χ1n) is 8.24. The standard InChI is InChI=1S/C19H24N2O3/c20-18(17(23)14-6-8-16(22)9-7-14)21-12-10-19(24,11-13-21)15-4-2-1-3-5-15/h1-9,17-18,22-24H,10-13,20H2/t17-,18-/m0/s1. The van der Waals surface area contributed by atoms with Crippen molar-refractivity contribution in [3.8, 4) is 5.75 Å². The third kappa shape index (κ3) is 3.44. The van der Waals surface area contributed by atoms with E-state index in [2.05, 4.69) is 0 Å². The van der Waals surface area contributed by atoms with Crippen molar-refractivity contribution in [2.75, 3.05) is 13.1 Å². The van der Waals surface area contributed by atoms with Gasteiger partial charge in [-0.1, -0.05) is 42.5 Å². The number of phenols is 1. The van der Waals surface area contributed by atoms with E-state index in [0.717, 1.165) is 5.56 Å². The Bertz CT molecular complexity index is 652. The second-order valence-corrected chi connectivity index (χ2v) is 6.46. The van der Waals surface area contributed by atoms with E-state index in [9.17, 15) is 15.3 Å². The van der Waals surface area contributed by atoms with E-state index in [4.69, 9.17) is 5.73 Å². The number of hydrogen-bond donors (Lipinski definition) is 4. The van der Waals surface area contributed by atoms with Crippen molar-refractivity contribution in [1.29, 1.82) is 0 Å². The number of benzene rings is 2. The summed E-state index contributed by atoms with van der Waals surface area (Å²) in [6.07, 6.45) is -0.233. The van der Waals surface area contributed by atoms with E-state index < -0.39 is 17.9 Å². The van der Waals surface area contributed by atoms with Crippen molar-refractivity contribution in [2.24, 2.45) is 5.73 Å². The topological polar surface area (TPSA) is 90.0 Å². The molecule has 0 radical (unpaired) electrons. The van der Waals surface area contributed by atoms with Crippen LogP contribution in [0.3, 0.4) is 0 Å². The summed E-state index contributed by atoms with van der Waals surface area (Å²) in [5, 5.41) is 30.7. The van der Waals surface area contributed by atoms with Crippen LogP contribution in [0.4, 0.5) is 0 Å². The van der Waals surface area contributed by atoms with Gasteiger partial charge in [0.2, 0.25) is 0 Å². The second-order valence-electron chi connectivity index (χ2n) is 6.46. The Balaban J connectivity index is 1.64. The van der Waals surface area contributed by atoms with Crippen LogP contribution in [0.2, 0.25) is 0 Å². The van der Waals surface area contributed by atoms with Gasteiger partial charge >= 0.3 is 0 Å². The summed E-state index contributed by atoms with van der Waals surface area (Å²) in [6.45, 7) is 1.23. The van der Waals surface area contributed by atoms with Crippen LogP contribution in [0.1, 0.15) is 30.1 Å². The van der Waals surface area contributed by atoms with Gasteiger partial charge in [0.1, 0.15) is 11.9 Å². The molecule has 1 aliphatic heterocycles. The molecule has 5 heteroatoms.